The molecule has 0 bridgehead atoms. The van der Waals surface area contributed by atoms with Gasteiger partial charge in [0.25, 0.3) is 0 Å². The average Bonchev–Trinajstić information content (AvgIpc) is 2.67. The third-order valence-corrected chi connectivity index (χ3v) is 3.61. The molecule has 94 valence electrons. The van der Waals surface area contributed by atoms with Crippen LogP contribution in [-0.4, -0.2) is 20.6 Å². The molecule has 0 spiro atoms. The Morgan fingerprint density at radius 2 is 2.00 bits per heavy atom. The molecule has 2 rings (SSSR count). The molecule has 2 N–H and O–H groups in total. The molecule has 5 nitrogen and oxygen atoms in total. The van der Waals surface area contributed by atoms with Crippen LogP contribution in [0.5, 0.6) is 0 Å². The van der Waals surface area contributed by atoms with E-state index >= 15 is 0 Å². The van der Waals surface area contributed by atoms with Crippen molar-refractivity contribution in [2.24, 2.45) is 11.8 Å². The summed E-state index contributed by atoms with van der Waals surface area (Å²) in [5.74, 6) is 0.135. The number of rotatable bonds is 4. The smallest absolute Gasteiger partial charge is 0.325 e. The van der Waals surface area contributed by atoms with Gasteiger partial charge in [0.2, 0.25) is 0 Å². The van der Waals surface area contributed by atoms with Gasteiger partial charge in [-0.25, -0.2) is 4.79 Å². The van der Waals surface area contributed by atoms with Gasteiger partial charge in [0.15, 0.2) is 0 Å². The van der Waals surface area contributed by atoms with Crippen molar-refractivity contribution >= 4 is 5.97 Å². The van der Waals surface area contributed by atoms with E-state index < -0.39 is 5.97 Å². The number of H-pyrrole nitrogens is 1. The maximum absolute atomic E-state index is 11.3. The lowest BCUT2D eigenvalue weighted by atomic mass is 9.80. The molecule has 5 heteroatoms. The summed E-state index contributed by atoms with van der Waals surface area (Å²) >= 11 is 0. The van der Waals surface area contributed by atoms with Crippen LogP contribution in [0, 0.1) is 11.8 Å². The summed E-state index contributed by atoms with van der Waals surface area (Å²) in [7, 11) is 0. The number of nitrogens with one attached hydrogen (secondary N) is 1. The van der Waals surface area contributed by atoms with Crippen molar-refractivity contribution in [1.82, 2.24) is 9.55 Å². The Morgan fingerprint density at radius 1 is 1.35 bits per heavy atom. The van der Waals surface area contributed by atoms with Gasteiger partial charge in [-0.2, -0.15) is 0 Å². The Balaban J connectivity index is 1.81. The number of carboxylic acid groups (broad SMARTS) is 1. The van der Waals surface area contributed by atoms with Gasteiger partial charge in [-0.15, -0.1) is 0 Å². The fourth-order valence-corrected chi connectivity index (χ4v) is 2.64. The fraction of sp³-hybridized carbons (Fsp3) is 0.667. The third-order valence-electron chi connectivity index (χ3n) is 3.61. The minimum Gasteiger partial charge on any atom is -0.481 e. The molecule has 1 aliphatic rings. The van der Waals surface area contributed by atoms with Crippen molar-refractivity contribution in [2.75, 3.05) is 0 Å². The van der Waals surface area contributed by atoms with Crippen molar-refractivity contribution < 1.29 is 9.90 Å². The predicted molar refractivity (Wildman–Crippen MR) is 62.8 cm³/mol. The summed E-state index contributed by atoms with van der Waals surface area (Å²) in [5, 5.41) is 8.73. The molecule has 1 saturated carbocycles. The second kappa shape index (κ2) is 5.21. The normalized spacial score (nSPS) is 24.7. The molecule has 0 aliphatic heterocycles. The molecule has 0 amide bonds. The van der Waals surface area contributed by atoms with Crippen LogP contribution in [0.1, 0.15) is 32.1 Å². The number of hydrogen-bond donors (Lipinski definition) is 2. The van der Waals surface area contributed by atoms with Gasteiger partial charge in [-0.1, -0.05) is 0 Å². The van der Waals surface area contributed by atoms with E-state index in [0.29, 0.717) is 11.8 Å². The Morgan fingerprint density at radius 3 is 2.53 bits per heavy atom. The minimum atomic E-state index is -0.699. The Hall–Kier alpha value is -1.52. The zero-order chi connectivity index (χ0) is 12.3. The largest absolute Gasteiger partial charge is 0.481 e. The molecule has 0 radical (unpaired) electrons. The second-order valence-electron chi connectivity index (χ2n) is 4.90. The maximum Gasteiger partial charge on any atom is 0.325 e. The zero-order valence-corrected chi connectivity index (χ0v) is 9.76. The lowest BCUT2D eigenvalue weighted by molar-refractivity contribution is -0.138. The van der Waals surface area contributed by atoms with E-state index in [1.807, 2.05) is 0 Å². The number of carbonyl (C=O) groups is 1. The average molecular weight is 238 g/mol. The molecule has 0 unspecified atom stereocenters. The molecule has 0 aromatic carbocycles. The van der Waals surface area contributed by atoms with Crippen LogP contribution in [0.25, 0.3) is 0 Å². The van der Waals surface area contributed by atoms with Crippen LogP contribution >= 0.6 is 0 Å². The SMILES string of the molecule is O=C(O)CC1CCC(Cn2cc[nH]c2=O)CC1. The van der Waals surface area contributed by atoms with Crippen molar-refractivity contribution in [3.63, 3.8) is 0 Å². The molecule has 1 aliphatic carbocycles. The highest BCUT2D eigenvalue weighted by Crippen LogP contribution is 2.31. The summed E-state index contributed by atoms with van der Waals surface area (Å²) in [4.78, 5) is 24.6. The number of aliphatic carboxylic acids is 1. The molecule has 0 atom stereocenters. The third kappa shape index (κ3) is 3.22. The standard InChI is InChI=1S/C12H18N2O3/c15-11(16)7-9-1-3-10(4-2-9)8-14-6-5-13-12(14)17/h5-6,9-10H,1-4,7-8H2,(H,13,17)(H,15,16). The van der Waals surface area contributed by atoms with E-state index in [9.17, 15) is 9.59 Å². The number of imidazole rings is 1. The van der Waals surface area contributed by atoms with Crippen molar-refractivity contribution in [2.45, 2.75) is 38.6 Å². The number of carboxylic acids is 1. The molecule has 1 aromatic rings. The van der Waals surface area contributed by atoms with Gasteiger partial charge < -0.3 is 10.1 Å². The molecule has 1 fully saturated rings. The minimum absolute atomic E-state index is 0.0577. The van der Waals surface area contributed by atoms with E-state index in [0.717, 1.165) is 32.2 Å². The van der Waals surface area contributed by atoms with E-state index in [1.54, 1.807) is 17.0 Å². The first-order valence-electron chi connectivity index (χ1n) is 6.10. The van der Waals surface area contributed by atoms with E-state index in [2.05, 4.69) is 4.98 Å². The molecular weight excluding hydrogens is 220 g/mol. The van der Waals surface area contributed by atoms with Crippen molar-refractivity contribution in [1.29, 1.82) is 0 Å². The van der Waals surface area contributed by atoms with Gasteiger partial charge in [-0.05, 0) is 37.5 Å². The summed E-state index contributed by atoms with van der Waals surface area (Å²) in [6.45, 7) is 0.752. The molecule has 1 aromatic heterocycles. The van der Waals surface area contributed by atoms with Gasteiger partial charge in [-0.3, -0.25) is 9.36 Å². The predicted octanol–water partition coefficient (Wildman–Crippen LogP) is 1.46. The first-order valence-corrected chi connectivity index (χ1v) is 6.10. The Bertz CT molecular complexity index is 427. The highest BCUT2D eigenvalue weighted by Gasteiger charge is 2.23. The summed E-state index contributed by atoms with van der Waals surface area (Å²) in [6, 6.07) is 0. The molecule has 0 saturated heterocycles. The van der Waals surface area contributed by atoms with Gasteiger partial charge in [0.1, 0.15) is 0 Å². The summed E-state index contributed by atoms with van der Waals surface area (Å²) < 4.78 is 1.70. The van der Waals surface area contributed by atoms with Crippen LogP contribution in [0.3, 0.4) is 0 Å². The topological polar surface area (TPSA) is 75.1 Å². The second-order valence-corrected chi connectivity index (χ2v) is 4.90. The number of aromatic nitrogens is 2. The van der Waals surface area contributed by atoms with E-state index in [4.69, 9.17) is 5.11 Å². The Kier molecular flexibility index (Phi) is 3.66. The fourth-order valence-electron chi connectivity index (χ4n) is 2.64. The first kappa shape index (κ1) is 12.0. The molecule has 1 heterocycles. The number of hydrogen-bond acceptors (Lipinski definition) is 2. The van der Waals surface area contributed by atoms with Crippen LogP contribution in [0.15, 0.2) is 17.2 Å². The highest BCUT2D eigenvalue weighted by molar-refractivity contribution is 5.67. The quantitative estimate of drug-likeness (QED) is 0.833. The summed E-state index contributed by atoms with van der Waals surface area (Å²) in [5.41, 5.74) is -0.0577. The van der Waals surface area contributed by atoms with Crippen LogP contribution in [0.2, 0.25) is 0 Å². The van der Waals surface area contributed by atoms with E-state index in [-0.39, 0.29) is 12.1 Å². The van der Waals surface area contributed by atoms with Crippen molar-refractivity contribution in [3.05, 3.63) is 22.9 Å². The molecule has 17 heavy (non-hydrogen) atoms. The Labute approximate surface area is 99.5 Å². The maximum atomic E-state index is 11.3. The first-order chi connectivity index (χ1) is 8.15. The van der Waals surface area contributed by atoms with Crippen LogP contribution < -0.4 is 5.69 Å². The lowest BCUT2D eigenvalue weighted by Crippen LogP contribution is -2.25. The van der Waals surface area contributed by atoms with E-state index in [1.165, 1.54) is 0 Å². The van der Waals surface area contributed by atoms with Gasteiger partial charge >= 0.3 is 11.7 Å². The molecular formula is C12H18N2O3. The van der Waals surface area contributed by atoms with Gasteiger partial charge in [0, 0.05) is 25.4 Å². The lowest BCUT2D eigenvalue weighted by Gasteiger charge is -2.27. The van der Waals surface area contributed by atoms with Crippen LogP contribution in [-0.2, 0) is 11.3 Å². The number of aromatic amines is 1. The highest BCUT2D eigenvalue weighted by atomic mass is 16.4. The van der Waals surface area contributed by atoms with Crippen LogP contribution in [0.4, 0.5) is 0 Å². The monoisotopic (exact) mass is 238 g/mol. The van der Waals surface area contributed by atoms with Gasteiger partial charge in [0.05, 0.1) is 0 Å². The summed E-state index contributed by atoms with van der Waals surface area (Å²) in [6.07, 6.45) is 7.69. The van der Waals surface area contributed by atoms with Crippen molar-refractivity contribution in [3.8, 4) is 0 Å². The zero-order valence-electron chi connectivity index (χ0n) is 9.76. The number of nitrogens with zero attached hydrogens (tertiary/aromatic N) is 1.